The number of likely N-dealkylation sites (tertiary alicyclic amines) is 1. The van der Waals surface area contributed by atoms with E-state index in [1.807, 2.05) is 6.07 Å². The Bertz CT molecular complexity index is 511. The molecule has 0 bridgehead atoms. The van der Waals surface area contributed by atoms with Crippen molar-refractivity contribution in [3.63, 3.8) is 0 Å². The summed E-state index contributed by atoms with van der Waals surface area (Å²) in [4.78, 5) is 36.9. The van der Waals surface area contributed by atoms with E-state index in [1.54, 1.807) is 31.2 Å². The van der Waals surface area contributed by atoms with Crippen LogP contribution in [0.15, 0.2) is 30.3 Å². The number of benzene rings is 1. The first-order chi connectivity index (χ1) is 9.07. The van der Waals surface area contributed by atoms with E-state index in [0.29, 0.717) is 0 Å². The topological polar surface area (TPSA) is 63.7 Å². The maximum Gasteiger partial charge on any atom is 0.319 e. The Morgan fingerprint density at radius 2 is 1.89 bits per heavy atom. The number of rotatable bonds is 3. The summed E-state index contributed by atoms with van der Waals surface area (Å²) < 4.78 is 4.91. The molecule has 1 aromatic rings. The zero-order valence-corrected chi connectivity index (χ0v) is 10.8. The molecule has 1 aliphatic heterocycles. The number of ether oxygens (including phenoxy) is 1. The minimum absolute atomic E-state index is 0.183. The molecule has 0 aromatic heterocycles. The highest BCUT2D eigenvalue weighted by atomic mass is 16.5. The van der Waals surface area contributed by atoms with Crippen LogP contribution < -0.4 is 0 Å². The molecule has 19 heavy (non-hydrogen) atoms. The second-order valence-corrected chi connectivity index (χ2v) is 4.37. The van der Waals surface area contributed by atoms with Gasteiger partial charge >= 0.3 is 5.97 Å². The Morgan fingerprint density at radius 1 is 1.26 bits per heavy atom. The molecule has 0 saturated carbocycles. The third-order valence-corrected chi connectivity index (χ3v) is 3.23. The molecule has 5 heteroatoms. The van der Waals surface area contributed by atoms with Crippen LogP contribution in [-0.2, 0) is 19.1 Å². The van der Waals surface area contributed by atoms with Crippen LogP contribution in [-0.4, -0.2) is 36.2 Å². The maximum absolute atomic E-state index is 11.9. The predicted octanol–water partition coefficient (Wildman–Crippen LogP) is 0.948. The average molecular weight is 261 g/mol. The van der Waals surface area contributed by atoms with Crippen molar-refractivity contribution in [2.75, 3.05) is 13.7 Å². The first-order valence-electron chi connectivity index (χ1n) is 6.10. The van der Waals surface area contributed by atoms with Gasteiger partial charge in [-0.15, -0.1) is 0 Å². The molecular weight excluding hydrogens is 246 g/mol. The number of amides is 1. The zero-order valence-electron chi connectivity index (χ0n) is 10.8. The van der Waals surface area contributed by atoms with Gasteiger partial charge in [-0.05, 0) is 12.5 Å². The van der Waals surface area contributed by atoms with Gasteiger partial charge in [0.05, 0.1) is 12.6 Å². The summed E-state index contributed by atoms with van der Waals surface area (Å²) in [6.45, 7) is 1.85. The van der Waals surface area contributed by atoms with E-state index in [4.69, 9.17) is 4.74 Å². The molecule has 0 spiro atoms. The number of ketones is 1. The monoisotopic (exact) mass is 261 g/mol. The lowest BCUT2D eigenvalue weighted by molar-refractivity contribution is -0.152. The third-order valence-electron chi connectivity index (χ3n) is 3.23. The number of esters is 1. The summed E-state index contributed by atoms with van der Waals surface area (Å²) in [6, 6.07) is 8.44. The molecule has 2 unspecified atom stereocenters. The van der Waals surface area contributed by atoms with E-state index >= 15 is 0 Å². The van der Waals surface area contributed by atoms with Crippen molar-refractivity contribution in [2.45, 2.75) is 13.0 Å². The first-order valence-corrected chi connectivity index (χ1v) is 6.10. The van der Waals surface area contributed by atoms with Crippen LogP contribution in [0.25, 0.3) is 0 Å². The molecule has 1 aromatic carbocycles. The molecule has 1 amide bonds. The Hall–Kier alpha value is -2.17. The van der Waals surface area contributed by atoms with Crippen molar-refractivity contribution in [3.05, 3.63) is 35.9 Å². The summed E-state index contributed by atoms with van der Waals surface area (Å²) in [6.07, 6.45) is 0. The van der Waals surface area contributed by atoms with Gasteiger partial charge in [-0.3, -0.25) is 14.4 Å². The fourth-order valence-corrected chi connectivity index (χ4v) is 2.33. The normalized spacial score (nSPS) is 22.7. The number of hydrogen-bond acceptors (Lipinski definition) is 4. The van der Waals surface area contributed by atoms with Gasteiger partial charge in [-0.1, -0.05) is 30.3 Å². The Kier molecular flexibility index (Phi) is 3.64. The molecule has 100 valence electrons. The lowest BCUT2D eigenvalue weighted by Crippen LogP contribution is -2.28. The van der Waals surface area contributed by atoms with Crippen molar-refractivity contribution >= 4 is 17.7 Å². The smallest absolute Gasteiger partial charge is 0.319 e. The molecule has 1 fully saturated rings. The van der Waals surface area contributed by atoms with Crippen molar-refractivity contribution < 1.29 is 19.1 Å². The number of hydrogen-bond donors (Lipinski definition) is 0. The summed E-state index contributed by atoms with van der Waals surface area (Å²) in [5.41, 5.74) is 0.752. The Morgan fingerprint density at radius 3 is 2.47 bits per heavy atom. The second-order valence-electron chi connectivity index (χ2n) is 4.37. The van der Waals surface area contributed by atoms with Gasteiger partial charge in [0.15, 0.2) is 0 Å². The number of nitrogens with zero attached hydrogens (tertiary/aromatic N) is 1. The summed E-state index contributed by atoms with van der Waals surface area (Å²) in [7, 11) is 1.52. The van der Waals surface area contributed by atoms with Crippen molar-refractivity contribution in [1.29, 1.82) is 0 Å². The summed E-state index contributed by atoms with van der Waals surface area (Å²) in [5.74, 6) is -3.05. The lowest BCUT2D eigenvalue weighted by atomic mass is 9.93. The SMILES string of the molecule is CCOC(=O)C1C(=O)C(=O)N(C)C1c1ccccc1. The molecule has 0 aliphatic carbocycles. The molecule has 0 radical (unpaired) electrons. The van der Waals surface area contributed by atoms with Crippen LogP contribution in [0.5, 0.6) is 0 Å². The van der Waals surface area contributed by atoms with Crippen molar-refractivity contribution in [1.82, 2.24) is 4.90 Å². The quantitative estimate of drug-likeness (QED) is 0.461. The van der Waals surface area contributed by atoms with E-state index in [1.165, 1.54) is 11.9 Å². The van der Waals surface area contributed by atoms with E-state index in [2.05, 4.69) is 0 Å². The van der Waals surface area contributed by atoms with E-state index in [0.717, 1.165) is 5.56 Å². The van der Waals surface area contributed by atoms with Crippen molar-refractivity contribution in [2.24, 2.45) is 5.92 Å². The van der Waals surface area contributed by atoms with Crippen LogP contribution in [0.1, 0.15) is 18.5 Å². The highest BCUT2D eigenvalue weighted by molar-refractivity contribution is 6.42. The fourth-order valence-electron chi connectivity index (χ4n) is 2.33. The van der Waals surface area contributed by atoms with Crippen LogP contribution in [0.3, 0.4) is 0 Å². The standard InChI is InChI=1S/C14H15NO4/c1-3-19-14(18)10-11(9-7-5-4-6-8-9)15(2)13(17)12(10)16/h4-8,10-11H,3H2,1-2H3. The van der Waals surface area contributed by atoms with Gasteiger partial charge in [0.1, 0.15) is 5.92 Å². The fraction of sp³-hybridized carbons (Fsp3) is 0.357. The highest BCUT2D eigenvalue weighted by Gasteiger charge is 2.50. The summed E-state index contributed by atoms with van der Waals surface area (Å²) in [5, 5.41) is 0. The molecule has 1 heterocycles. The number of Topliss-reactive ketones (excluding diaryl/α,β-unsaturated/α-hetero) is 1. The molecule has 0 N–H and O–H groups in total. The Balaban J connectivity index is 2.40. The largest absolute Gasteiger partial charge is 0.465 e. The van der Waals surface area contributed by atoms with E-state index in [-0.39, 0.29) is 6.61 Å². The molecule has 1 aliphatic rings. The molecule has 2 rings (SSSR count). The van der Waals surface area contributed by atoms with Crippen LogP contribution in [0, 0.1) is 5.92 Å². The first kappa shape index (κ1) is 13.3. The molecule has 1 saturated heterocycles. The van der Waals surface area contributed by atoms with Gasteiger partial charge in [-0.25, -0.2) is 0 Å². The number of likely N-dealkylation sites (N-methyl/N-ethyl adjacent to an activating group) is 1. The average Bonchev–Trinajstić information content (AvgIpc) is 2.64. The van der Waals surface area contributed by atoms with Gasteiger partial charge < -0.3 is 9.64 Å². The predicted molar refractivity (Wildman–Crippen MR) is 67.1 cm³/mol. The lowest BCUT2D eigenvalue weighted by Gasteiger charge is -2.22. The van der Waals surface area contributed by atoms with E-state index in [9.17, 15) is 14.4 Å². The second kappa shape index (κ2) is 5.22. The maximum atomic E-state index is 11.9. The van der Waals surface area contributed by atoms with Gasteiger partial charge in [0.2, 0.25) is 5.78 Å². The zero-order chi connectivity index (χ0) is 14.0. The van der Waals surface area contributed by atoms with Crippen LogP contribution in [0.4, 0.5) is 0 Å². The third kappa shape index (κ3) is 2.23. The molecular formula is C14H15NO4. The van der Waals surface area contributed by atoms with Crippen LogP contribution >= 0.6 is 0 Å². The van der Waals surface area contributed by atoms with Gasteiger partial charge in [0.25, 0.3) is 5.91 Å². The van der Waals surface area contributed by atoms with Crippen LogP contribution in [0.2, 0.25) is 0 Å². The Labute approximate surface area is 111 Å². The van der Waals surface area contributed by atoms with Crippen molar-refractivity contribution in [3.8, 4) is 0 Å². The minimum atomic E-state index is -1.07. The summed E-state index contributed by atoms with van der Waals surface area (Å²) >= 11 is 0. The van der Waals surface area contributed by atoms with Gasteiger partial charge in [0, 0.05) is 7.05 Å². The highest BCUT2D eigenvalue weighted by Crippen LogP contribution is 2.35. The minimum Gasteiger partial charge on any atom is -0.465 e. The van der Waals surface area contributed by atoms with E-state index < -0.39 is 29.6 Å². The molecule has 5 nitrogen and oxygen atoms in total. The molecule has 2 atom stereocenters. The number of carbonyl (C=O) groups excluding carboxylic acids is 3. The van der Waals surface area contributed by atoms with Gasteiger partial charge in [-0.2, -0.15) is 0 Å². The number of carbonyl (C=O) groups is 3.